The maximum atomic E-state index is 5.98. The van der Waals surface area contributed by atoms with Crippen molar-refractivity contribution >= 4 is 0 Å². The standard InChI is InChI=1S/C23H22N4O3/c1-28-19-7-3-16(4-8-19)11-22-26-21(18-13-24-25-14-18)12-23(27-22)30-15-17-5-9-20(29-2)10-6-17/h3-10,12-14H,11,15H2,1-2H3,(H,24,25). The zero-order chi connectivity index (χ0) is 20.8. The SMILES string of the molecule is COc1ccc(COc2cc(-c3cn[nH]c3)nc(Cc3ccc(OC)cc3)n2)cc1. The van der Waals surface area contributed by atoms with Crippen LogP contribution in [0, 0.1) is 0 Å². The topological polar surface area (TPSA) is 82.2 Å². The summed E-state index contributed by atoms with van der Waals surface area (Å²) in [6, 6.07) is 17.4. The minimum atomic E-state index is 0.397. The Balaban J connectivity index is 1.56. The molecule has 1 N–H and O–H groups in total. The zero-order valence-corrected chi connectivity index (χ0v) is 16.8. The van der Waals surface area contributed by atoms with Gasteiger partial charge in [0.15, 0.2) is 0 Å². The zero-order valence-electron chi connectivity index (χ0n) is 16.8. The van der Waals surface area contributed by atoms with Gasteiger partial charge >= 0.3 is 0 Å². The molecule has 0 saturated carbocycles. The average Bonchev–Trinajstić information content (AvgIpc) is 3.34. The summed E-state index contributed by atoms with van der Waals surface area (Å²) in [6.45, 7) is 0.397. The summed E-state index contributed by atoms with van der Waals surface area (Å²) < 4.78 is 16.4. The molecule has 0 aliphatic rings. The number of H-pyrrole nitrogens is 1. The first-order chi connectivity index (χ1) is 14.7. The van der Waals surface area contributed by atoms with Gasteiger partial charge in [0, 0.05) is 24.2 Å². The van der Waals surface area contributed by atoms with Crippen LogP contribution >= 0.6 is 0 Å². The summed E-state index contributed by atoms with van der Waals surface area (Å²) >= 11 is 0. The first-order valence-corrected chi connectivity index (χ1v) is 9.49. The van der Waals surface area contributed by atoms with Gasteiger partial charge < -0.3 is 14.2 Å². The Morgan fingerprint density at radius 3 is 2.10 bits per heavy atom. The quantitative estimate of drug-likeness (QED) is 0.479. The first-order valence-electron chi connectivity index (χ1n) is 9.49. The number of nitrogens with zero attached hydrogens (tertiary/aromatic N) is 3. The van der Waals surface area contributed by atoms with Gasteiger partial charge in [-0.3, -0.25) is 5.10 Å². The van der Waals surface area contributed by atoms with E-state index in [1.165, 1.54) is 0 Å². The molecule has 0 bridgehead atoms. The number of aromatic nitrogens is 4. The fourth-order valence-electron chi connectivity index (χ4n) is 2.97. The highest BCUT2D eigenvalue weighted by molar-refractivity contribution is 5.58. The van der Waals surface area contributed by atoms with Crippen molar-refractivity contribution < 1.29 is 14.2 Å². The first kappa shape index (κ1) is 19.4. The van der Waals surface area contributed by atoms with Gasteiger partial charge in [-0.2, -0.15) is 10.1 Å². The second-order valence-electron chi connectivity index (χ2n) is 6.66. The molecule has 2 aromatic carbocycles. The number of nitrogens with one attached hydrogen (secondary N) is 1. The van der Waals surface area contributed by atoms with Gasteiger partial charge in [-0.25, -0.2) is 4.98 Å². The molecule has 2 aromatic heterocycles. The monoisotopic (exact) mass is 402 g/mol. The molecule has 4 rings (SSSR count). The van der Waals surface area contributed by atoms with Crippen LogP contribution in [0.3, 0.4) is 0 Å². The molecule has 0 aliphatic carbocycles. The molecule has 0 radical (unpaired) electrons. The van der Waals surface area contributed by atoms with Gasteiger partial charge in [0.05, 0.1) is 26.1 Å². The van der Waals surface area contributed by atoms with Crippen molar-refractivity contribution in [2.45, 2.75) is 13.0 Å². The van der Waals surface area contributed by atoms with Crippen LogP contribution in [0.5, 0.6) is 17.4 Å². The number of hydrogen-bond donors (Lipinski definition) is 1. The molecule has 0 aliphatic heterocycles. The van der Waals surface area contributed by atoms with Crippen molar-refractivity contribution in [1.82, 2.24) is 20.2 Å². The summed E-state index contributed by atoms with van der Waals surface area (Å²) in [5.74, 6) is 2.81. The van der Waals surface area contributed by atoms with E-state index in [9.17, 15) is 0 Å². The average molecular weight is 402 g/mol. The van der Waals surface area contributed by atoms with Gasteiger partial charge in [-0.1, -0.05) is 24.3 Å². The largest absolute Gasteiger partial charge is 0.497 e. The molecule has 0 atom stereocenters. The summed E-state index contributed by atoms with van der Waals surface area (Å²) in [4.78, 5) is 9.30. The van der Waals surface area contributed by atoms with Crippen LogP contribution in [0.4, 0.5) is 0 Å². The molecule has 0 unspecified atom stereocenters. The van der Waals surface area contributed by atoms with E-state index in [1.54, 1.807) is 26.6 Å². The van der Waals surface area contributed by atoms with Crippen molar-refractivity contribution in [3.05, 3.63) is 83.9 Å². The smallest absolute Gasteiger partial charge is 0.217 e. The Hall–Kier alpha value is -3.87. The molecule has 7 nitrogen and oxygen atoms in total. The summed E-state index contributed by atoms with van der Waals surface area (Å²) in [5, 5.41) is 6.84. The Morgan fingerprint density at radius 2 is 1.50 bits per heavy atom. The highest BCUT2D eigenvalue weighted by Gasteiger charge is 2.10. The van der Waals surface area contributed by atoms with Gasteiger partial charge in [0.1, 0.15) is 23.9 Å². The van der Waals surface area contributed by atoms with Gasteiger partial charge in [0.2, 0.25) is 5.88 Å². The lowest BCUT2D eigenvalue weighted by Crippen LogP contribution is -2.03. The lowest BCUT2D eigenvalue weighted by Gasteiger charge is -2.10. The van der Waals surface area contributed by atoms with Crippen LogP contribution in [-0.2, 0) is 13.0 Å². The Labute approximate surface area is 174 Å². The Bertz CT molecular complexity index is 1080. The molecule has 7 heteroatoms. The third kappa shape index (κ3) is 4.75. The molecule has 0 fully saturated rings. The number of hydrogen-bond acceptors (Lipinski definition) is 6. The highest BCUT2D eigenvalue weighted by atomic mass is 16.5. The number of benzene rings is 2. The molecule has 30 heavy (non-hydrogen) atoms. The normalized spacial score (nSPS) is 10.6. The molecule has 4 aromatic rings. The molecular weight excluding hydrogens is 380 g/mol. The van der Waals surface area contributed by atoms with Crippen LogP contribution < -0.4 is 14.2 Å². The fourth-order valence-corrected chi connectivity index (χ4v) is 2.97. The van der Waals surface area contributed by atoms with Crippen LogP contribution in [-0.4, -0.2) is 34.4 Å². The van der Waals surface area contributed by atoms with E-state index >= 15 is 0 Å². The lowest BCUT2D eigenvalue weighted by molar-refractivity contribution is 0.292. The number of rotatable bonds is 8. The summed E-state index contributed by atoms with van der Waals surface area (Å²) in [6.07, 6.45) is 4.11. The van der Waals surface area contributed by atoms with Crippen LogP contribution in [0.25, 0.3) is 11.3 Å². The summed E-state index contributed by atoms with van der Waals surface area (Å²) in [5.41, 5.74) is 3.74. The predicted octanol–water partition coefficient (Wildman–Crippen LogP) is 4.05. The second-order valence-corrected chi connectivity index (χ2v) is 6.66. The Kier molecular flexibility index (Phi) is 5.89. The maximum Gasteiger partial charge on any atom is 0.217 e. The van der Waals surface area contributed by atoms with E-state index in [-0.39, 0.29) is 0 Å². The number of ether oxygens (including phenoxy) is 3. The van der Waals surface area contributed by atoms with Gasteiger partial charge in [-0.15, -0.1) is 0 Å². The second kappa shape index (κ2) is 9.09. The van der Waals surface area contributed by atoms with E-state index < -0.39 is 0 Å². The maximum absolute atomic E-state index is 5.98. The number of methoxy groups -OCH3 is 2. The summed E-state index contributed by atoms with van der Waals surface area (Å²) in [7, 11) is 3.30. The molecule has 0 amide bonds. The van der Waals surface area contributed by atoms with E-state index in [0.29, 0.717) is 24.7 Å². The van der Waals surface area contributed by atoms with E-state index in [1.807, 2.05) is 54.6 Å². The molecular formula is C23H22N4O3. The van der Waals surface area contributed by atoms with E-state index in [0.717, 1.165) is 33.9 Å². The lowest BCUT2D eigenvalue weighted by atomic mass is 10.1. The predicted molar refractivity (Wildman–Crippen MR) is 113 cm³/mol. The highest BCUT2D eigenvalue weighted by Crippen LogP contribution is 2.23. The van der Waals surface area contributed by atoms with Crippen molar-refractivity contribution in [2.24, 2.45) is 0 Å². The molecule has 0 saturated heterocycles. The third-order valence-corrected chi connectivity index (χ3v) is 4.61. The van der Waals surface area contributed by atoms with Crippen LogP contribution in [0.1, 0.15) is 17.0 Å². The van der Waals surface area contributed by atoms with Crippen molar-refractivity contribution in [1.29, 1.82) is 0 Å². The number of aromatic amines is 1. The minimum absolute atomic E-state index is 0.397. The van der Waals surface area contributed by atoms with Crippen molar-refractivity contribution in [3.8, 4) is 28.6 Å². The van der Waals surface area contributed by atoms with Gasteiger partial charge in [-0.05, 0) is 35.4 Å². The fraction of sp³-hybridized carbons (Fsp3) is 0.174. The third-order valence-electron chi connectivity index (χ3n) is 4.61. The van der Waals surface area contributed by atoms with Crippen LogP contribution in [0.15, 0.2) is 67.0 Å². The molecule has 152 valence electrons. The van der Waals surface area contributed by atoms with Crippen LogP contribution in [0.2, 0.25) is 0 Å². The molecule has 2 heterocycles. The van der Waals surface area contributed by atoms with Crippen molar-refractivity contribution in [2.75, 3.05) is 14.2 Å². The van der Waals surface area contributed by atoms with Gasteiger partial charge in [0.25, 0.3) is 0 Å². The van der Waals surface area contributed by atoms with Crippen molar-refractivity contribution in [3.63, 3.8) is 0 Å². The van der Waals surface area contributed by atoms with E-state index in [4.69, 9.17) is 19.2 Å². The van der Waals surface area contributed by atoms with E-state index in [2.05, 4.69) is 15.2 Å². The Morgan fingerprint density at radius 1 is 0.833 bits per heavy atom. The minimum Gasteiger partial charge on any atom is -0.497 e. The molecule has 0 spiro atoms.